The molecule has 2 aromatic carbocycles. The molecule has 0 saturated carbocycles. The second kappa shape index (κ2) is 11.6. The van der Waals surface area contributed by atoms with Gasteiger partial charge in [-0.2, -0.15) is 9.72 Å². The molecule has 212 valence electrons. The number of aromatic nitrogens is 3. The number of fused-ring (bicyclic) bond motifs is 3. The van der Waals surface area contributed by atoms with Crippen LogP contribution >= 0.6 is 0 Å². The fraction of sp³-hybridized carbons (Fsp3) is 0.364. The highest BCUT2D eigenvalue weighted by molar-refractivity contribution is 5.92. The standard InChI is InChI=1S/C33H36N4O4/c1-23-15-16-28-26(19-23)31(24-11-5-3-6-12-24)34-33(38)36(28)17-9-4-10-18-41-30-22-35-20-25-13-7-8-14-27(25)37(39)21-29(35)32(30)40-2/h3,5-6,11-12,14-16,19,21-22,25H,4,7-10,13,17-18,20H2,1-2H3. The Bertz CT molecular complexity index is 1680. The van der Waals surface area contributed by atoms with Crippen molar-refractivity contribution in [2.45, 2.75) is 58.5 Å². The number of allylic oxidation sites excluding steroid dienone is 2. The molecule has 6 rings (SSSR count). The van der Waals surface area contributed by atoms with Gasteiger partial charge in [0.1, 0.15) is 0 Å². The van der Waals surface area contributed by atoms with Gasteiger partial charge in [0.2, 0.25) is 6.21 Å². The van der Waals surface area contributed by atoms with Crippen molar-refractivity contribution >= 4 is 17.1 Å². The molecule has 4 aromatic rings. The van der Waals surface area contributed by atoms with E-state index in [0.717, 1.165) is 88.9 Å². The quantitative estimate of drug-likeness (QED) is 0.143. The number of hydrogen-bond donors (Lipinski definition) is 0. The summed E-state index contributed by atoms with van der Waals surface area (Å²) in [6.45, 7) is 3.92. The smallest absolute Gasteiger partial charge is 0.348 e. The van der Waals surface area contributed by atoms with Gasteiger partial charge in [-0.3, -0.25) is 4.57 Å². The van der Waals surface area contributed by atoms with Crippen molar-refractivity contribution in [3.63, 3.8) is 0 Å². The third-order valence-corrected chi connectivity index (χ3v) is 8.15. The van der Waals surface area contributed by atoms with Crippen LogP contribution in [-0.4, -0.2) is 38.8 Å². The van der Waals surface area contributed by atoms with Crippen molar-refractivity contribution in [2.24, 2.45) is 5.92 Å². The van der Waals surface area contributed by atoms with Gasteiger partial charge in [0.25, 0.3) is 0 Å². The summed E-state index contributed by atoms with van der Waals surface area (Å²) in [5, 5.41) is 13.8. The van der Waals surface area contributed by atoms with E-state index in [-0.39, 0.29) is 11.6 Å². The van der Waals surface area contributed by atoms with Crippen LogP contribution < -0.4 is 15.2 Å². The van der Waals surface area contributed by atoms with Crippen LogP contribution in [0.2, 0.25) is 0 Å². The van der Waals surface area contributed by atoms with E-state index < -0.39 is 0 Å². The maximum atomic E-state index is 13.1. The highest BCUT2D eigenvalue weighted by Crippen LogP contribution is 2.37. The van der Waals surface area contributed by atoms with Gasteiger partial charge in [0.05, 0.1) is 37.0 Å². The highest BCUT2D eigenvalue weighted by atomic mass is 16.5. The third-order valence-electron chi connectivity index (χ3n) is 8.15. The average Bonchev–Trinajstić information content (AvgIpc) is 3.23. The second-order valence-electron chi connectivity index (χ2n) is 11.0. The van der Waals surface area contributed by atoms with E-state index in [4.69, 9.17) is 9.47 Å². The monoisotopic (exact) mass is 552 g/mol. The summed E-state index contributed by atoms with van der Waals surface area (Å²) in [5.41, 5.74) is 5.10. The normalized spacial score (nSPS) is 16.4. The third kappa shape index (κ3) is 5.38. The van der Waals surface area contributed by atoms with Crippen LogP contribution in [0.5, 0.6) is 11.5 Å². The van der Waals surface area contributed by atoms with Crippen LogP contribution in [0.1, 0.15) is 49.8 Å². The lowest BCUT2D eigenvalue weighted by Gasteiger charge is -2.20. The molecule has 0 bridgehead atoms. The van der Waals surface area contributed by atoms with E-state index in [0.29, 0.717) is 24.7 Å². The SMILES string of the molecule is COc1c(OCCCCCn2c(=O)nc(-c3ccccc3)c3cc(C)ccc32)cn2c1C=[N+]([O-])C1=CCCCC1C2. The van der Waals surface area contributed by atoms with E-state index in [1.807, 2.05) is 48.7 Å². The first-order valence-electron chi connectivity index (χ1n) is 14.5. The van der Waals surface area contributed by atoms with Gasteiger partial charge >= 0.3 is 5.69 Å². The van der Waals surface area contributed by atoms with E-state index in [9.17, 15) is 10.0 Å². The van der Waals surface area contributed by atoms with Crippen molar-refractivity contribution in [1.82, 2.24) is 14.1 Å². The molecule has 41 heavy (non-hydrogen) atoms. The number of benzene rings is 2. The molecule has 2 aromatic heterocycles. The van der Waals surface area contributed by atoms with Crippen molar-refractivity contribution in [2.75, 3.05) is 13.7 Å². The molecule has 0 spiro atoms. The van der Waals surface area contributed by atoms with E-state index in [1.165, 1.54) is 0 Å². The molecule has 2 aliphatic rings. The lowest BCUT2D eigenvalue weighted by Crippen LogP contribution is -2.24. The number of rotatable bonds is 9. The predicted octanol–water partition coefficient (Wildman–Crippen LogP) is 6.06. The molecule has 1 aliphatic heterocycles. The molecule has 0 saturated heterocycles. The molecule has 0 fully saturated rings. The van der Waals surface area contributed by atoms with Gasteiger partial charge in [-0.1, -0.05) is 42.0 Å². The highest BCUT2D eigenvalue weighted by Gasteiger charge is 2.31. The molecule has 8 heteroatoms. The molecular formula is C33H36N4O4. The largest absolute Gasteiger partial charge is 0.618 e. The summed E-state index contributed by atoms with van der Waals surface area (Å²) >= 11 is 0. The number of hydroxylamine groups is 1. The molecule has 0 N–H and O–H groups in total. The molecule has 1 aliphatic carbocycles. The summed E-state index contributed by atoms with van der Waals surface area (Å²) in [6.07, 6.45) is 11.3. The summed E-state index contributed by atoms with van der Waals surface area (Å²) in [5.74, 6) is 1.47. The maximum Gasteiger partial charge on any atom is 0.348 e. The van der Waals surface area contributed by atoms with Crippen LogP contribution in [0.25, 0.3) is 22.2 Å². The Morgan fingerprint density at radius 1 is 1.12 bits per heavy atom. The molecule has 8 nitrogen and oxygen atoms in total. The maximum absolute atomic E-state index is 13.1. The molecule has 1 atom stereocenters. The number of nitrogens with zero attached hydrogens (tertiary/aromatic N) is 4. The van der Waals surface area contributed by atoms with Gasteiger partial charge in [-0.15, -0.1) is 0 Å². The molecule has 0 radical (unpaired) electrons. The van der Waals surface area contributed by atoms with Crippen molar-refractivity contribution in [1.29, 1.82) is 0 Å². The van der Waals surface area contributed by atoms with Crippen molar-refractivity contribution in [3.8, 4) is 22.8 Å². The first-order valence-corrected chi connectivity index (χ1v) is 14.5. The van der Waals surface area contributed by atoms with Crippen LogP contribution in [-0.2, 0) is 13.1 Å². The first kappa shape index (κ1) is 26.9. The minimum absolute atomic E-state index is 0.211. The zero-order valence-electron chi connectivity index (χ0n) is 23.7. The van der Waals surface area contributed by atoms with Crippen LogP contribution in [0, 0.1) is 18.0 Å². The molecule has 3 heterocycles. The Morgan fingerprint density at radius 2 is 1.98 bits per heavy atom. The van der Waals surface area contributed by atoms with Crippen LogP contribution in [0.3, 0.4) is 0 Å². The minimum Gasteiger partial charge on any atom is -0.618 e. The number of hydrogen-bond acceptors (Lipinski definition) is 5. The van der Waals surface area contributed by atoms with Crippen LogP contribution in [0.15, 0.2) is 71.3 Å². The summed E-state index contributed by atoms with van der Waals surface area (Å²) in [7, 11) is 1.61. The Morgan fingerprint density at radius 3 is 2.80 bits per heavy atom. The fourth-order valence-corrected chi connectivity index (χ4v) is 6.08. The van der Waals surface area contributed by atoms with E-state index in [2.05, 4.69) is 28.6 Å². The Labute approximate surface area is 239 Å². The Kier molecular flexibility index (Phi) is 7.63. The predicted molar refractivity (Wildman–Crippen MR) is 161 cm³/mol. The zero-order chi connectivity index (χ0) is 28.3. The fourth-order valence-electron chi connectivity index (χ4n) is 6.08. The molecule has 0 amide bonds. The first-order chi connectivity index (χ1) is 20.0. The number of methoxy groups -OCH3 is 1. The van der Waals surface area contributed by atoms with Gasteiger partial charge in [-0.25, -0.2) is 4.79 Å². The second-order valence-corrected chi connectivity index (χ2v) is 11.0. The zero-order valence-corrected chi connectivity index (χ0v) is 23.7. The van der Waals surface area contributed by atoms with Crippen molar-refractivity contribution < 1.29 is 14.2 Å². The van der Waals surface area contributed by atoms with Gasteiger partial charge < -0.3 is 19.2 Å². The lowest BCUT2D eigenvalue weighted by atomic mass is 9.92. The minimum atomic E-state index is -0.226. The van der Waals surface area contributed by atoms with Gasteiger partial charge in [0.15, 0.2) is 22.9 Å². The van der Waals surface area contributed by atoms with Crippen molar-refractivity contribution in [3.05, 3.63) is 93.4 Å². The molecular weight excluding hydrogens is 516 g/mol. The Hall–Kier alpha value is -4.33. The topological polar surface area (TPSA) is 84.3 Å². The van der Waals surface area contributed by atoms with Crippen LogP contribution in [0.4, 0.5) is 0 Å². The van der Waals surface area contributed by atoms with E-state index in [1.54, 1.807) is 17.9 Å². The van der Waals surface area contributed by atoms with E-state index >= 15 is 0 Å². The summed E-state index contributed by atoms with van der Waals surface area (Å²) < 4.78 is 16.7. The average molecular weight is 553 g/mol. The number of unbranched alkanes of at least 4 members (excludes halogenated alkanes) is 2. The number of aryl methyl sites for hydroxylation is 2. The molecule has 1 unspecified atom stereocenters. The summed E-state index contributed by atoms with van der Waals surface area (Å²) in [6, 6.07) is 16.1. The summed E-state index contributed by atoms with van der Waals surface area (Å²) in [4.78, 5) is 17.6. The Balaban J connectivity index is 1.11. The number of ether oxygens (including phenoxy) is 2. The van der Waals surface area contributed by atoms with Gasteiger partial charge in [0, 0.05) is 24.0 Å². The lowest BCUT2D eigenvalue weighted by molar-refractivity contribution is -0.406. The van der Waals surface area contributed by atoms with Gasteiger partial charge in [-0.05, 0) is 63.7 Å².